The van der Waals surface area contributed by atoms with Gasteiger partial charge < -0.3 is 9.47 Å². The van der Waals surface area contributed by atoms with E-state index >= 15 is 0 Å². The molecule has 1 rings (SSSR count). The number of nitro groups is 1. The van der Waals surface area contributed by atoms with Crippen LogP contribution in [-0.4, -0.2) is 31.0 Å². The summed E-state index contributed by atoms with van der Waals surface area (Å²) in [4.78, 5) is 20.8. The maximum absolute atomic E-state index is 13.4. The zero-order valence-electron chi connectivity index (χ0n) is 9.56. The van der Waals surface area contributed by atoms with Crippen molar-refractivity contribution in [2.45, 2.75) is 6.43 Å². The highest BCUT2D eigenvalue weighted by Crippen LogP contribution is 2.30. The molecule has 0 heterocycles. The summed E-state index contributed by atoms with van der Waals surface area (Å²) in [6, 6.07) is 1.06. The van der Waals surface area contributed by atoms with Crippen LogP contribution in [0.2, 0.25) is 0 Å². The average Bonchev–Trinajstić information content (AvgIpc) is 2.35. The Morgan fingerprint density at radius 1 is 1.47 bits per heavy atom. The molecule has 19 heavy (non-hydrogen) atoms. The maximum atomic E-state index is 13.4. The fraction of sp³-hybridized carbons (Fsp3) is 0.300. The Balaban J connectivity index is 3.23. The van der Waals surface area contributed by atoms with Gasteiger partial charge in [-0.2, -0.15) is 0 Å². The topological polar surface area (TPSA) is 78.7 Å². The lowest BCUT2D eigenvalue weighted by Crippen LogP contribution is -2.11. The number of hydrogen-bond donors (Lipinski definition) is 0. The highest BCUT2D eigenvalue weighted by molar-refractivity contribution is 5.90. The van der Waals surface area contributed by atoms with Crippen LogP contribution in [0.15, 0.2) is 12.1 Å². The predicted octanol–water partition coefficient (Wildman–Crippen LogP) is 2.16. The van der Waals surface area contributed by atoms with Gasteiger partial charge in [0, 0.05) is 6.07 Å². The standard InChI is InChI=1S/C10H8F3NO5/c1-18-10(15)5-2-8(19-4-9(12)13)7(14(16)17)3-6(5)11/h2-3,9H,4H2,1H3. The first-order valence-electron chi connectivity index (χ1n) is 4.84. The zero-order valence-corrected chi connectivity index (χ0v) is 9.56. The van der Waals surface area contributed by atoms with Gasteiger partial charge in [0.2, 0.25) is 0 Å². The summed E-state index contributed by atoms with van der Waals surface area (Å²) < 4.78 is 46.1. The van der Waals surface area contributed by atoms with E-state index in [1.807, 2.05) is 0 Å². The second-order valence-electron chi connectivity index (χ2n) is 3.25. The second kappa shape index (κ2) is 6.03. The Kier molecular flexibility index (Phi) is 4.67. The lowest BCUT2D eigenvalue weighted by molar-refractivity contribution is -0.386. The van der Waals surface area contributed by atoms with Crippen LogP contribution in [0, 0.1) is 15.9 Å². The van der Waals surface area contributed by atoms with Gasteiger partial charge in [-0.25, -0.2) is 18.0 Å². The minimum absolute atomic E-state index is 0.410. The minimum atomic E-state index is -2.87. The van der Waals surface area contributed by atoms with Gasteiger partial charge in [-0.1, -0.05) is 0 Å². The summed E-state index contributed by atoms with van der Waals surface area (Å²) >= 11 is 0. The Morgan fingerprint density at radius 2 is 2.11 bits per heavy atom. The van der Waals surface area contributed by atoms with Crippen molar-refractivity contribution in [1.29, 1.82) is 0 Å². The summed E-state index contributed by atoms with van der Waals surface area (Å²) in [5, 5.41) is 10.6. The van der Waals surface area contributed by atoms with Gasteiger partial charge in [-0.15, -0.1) is 0 Å². The largest absolute Gasteiger partial charge is 0.481 e. The molecule has 9 heteroatoms. The van der Waals surface area contributed by atoms with E-state index in [1.54, 1.807) is 0 Å². The first-order chi connectivity index (χ1) is 8.86. The minimum Gasteiger partial charge on any atom is -0.481 e. The maximum Gasteiger partial charge on any atom is 0.340 e. The lowest BCUT2D eigenvalue weighted by atomic mass is 10.1. The van der Waals surface area contributed by atoms with Gasteiger partial charge in [0.25, 0.3) is 6.43 Å². The Hall–Kier alpha value is -2.32. The number of nitro benzene ring substituents is 1. The van der Waals surface area contributed by atoms with Crippen molar-refractivity contribution in [2.75, 3.05) is 13.7 Å². The van der Waals surface area contributed by atoms with E-state index in [0.29, 0.717) is 12.1 Å². The fourth-order valence-electron chi connectivity index (χ4n) is 1.22. The smallest absolute Gasteiger partial charge is 0.340 e. The van der Waals surface area contributed by atoms with E-state index in [-0.39, 0.29) is 0 Å². The molecule has 0 unspecified atom stereocenters. The van der Waals surface area contributed by atoms with Gasteiger partial charge in [-0.3, -0.25) is 10.1 Å². The zero-order chi connectivity index (χ0) is 14.6. The molecule has 0 aliphatic heterocycles. The molecular weight excluding hydrogens is 271 g/mol. The van der Waals surface area contributed by atoms with Crippen LogP contribution in [0.25, 0.3) is 0 Å². The quantitative estimate of drug-likeness (QED) is 0.469. The van der Waals surface area contributed by atoms with Crippen LogP contribution in [0.5, 0.6) is 5.75 Å². The second-order valence-corrected chi connectivity index (χ2v) is 3.25. The summed E-state index contributed by atoms with van der Waals surface area (Å²) in [7, 11) is 0.975. The number of rotatable bonds is 5. The van der Waals surface area contributed by atoms with Crippen molar-refractivity contribution in [1.82, 2.24) is 0 Å². The normalized spacial score (nSPS) is 10.4. The third-order valence-electron chi connectivity index (χ3n) is 2.02. The van der Waals surface area contributed by atoms with Crippen molar-refractivity contribution in [2.24, 2.45) is 0 Å². The third-order valence-corrected chi connectivity index (χ3v) is 2.02. The number of benzene rings is 1. The van der Waals surface area contributed by atoms with Crippen molar-refractivity contribution >= 4 is 11.7 Å². The van der Waals surface area contributed by atoms with Gasteiger partial charge in [0.1, 0.15) is 12.4 Å². The van der Waals surface area contributed by atoms with Crippen LogP contribution in [0.4, 0.5) is 18.9 Å². The van der Waals surface area contributed by atoms with E-state index < -0.39 is 46.7 Å². The highest BCUT2D eigenvalue weighted by atomic mass is 19.3. The Labute approximate surface area is 104 Å². The first kappa shape index (κ1) is 14.7. The molecule has 0 spiro atoms. The molecule has 0 N–H and O–H groups in total. The van der Waals surface area contributed by atoms with Crippen molar-refractivity contribution in [3.63, 3.8) is 0 Å². The van der Waals surface area contributed by atoms with E-state index in [4.69, 9.17) is 0 Å². The van der Waals surface area contributed by atoms with Crippen LogP contribution >= 0.6 is 0 Å². The van der Waals surface area contributed by atoms with Crippen molar-refractivity contribution in [3.05, 3.63) is 33.6 Å². The molecule has 0 aliphatic rings. The number of carbonyl (C=O) groups is 1. The number of halogens is 3. The molecule has 0 radical (unpaired) electrons. The molecule has 0 aliphatic carbocycles. The summed E-state index contributed by atoms with van der Waals surface area (Å²) in [5.41, 5.74) is -1.50. The summed E-state index contributed by atoms with van der Waals surface area (Å²) in [6.07, 6.45) is -2.87. The molecular formula is C10H8F3NO5. The summed E-state index contributed by atoms with van der Waals surface area (Å²) in [6.45, 7) is -1.12. The fourth-order valence-corrected chi connectivity index (χ4v) is 1.22. The van der Waals surface area contributed by atoms with E-state index in [9.17, 15) is 28.1 Å². The number of esters is 1. The number of alkyl halides is 2. The molecule has 6 nitrogen and oxygen atoms in total. The van der Waals surface area contributed by atoms with Gasteiger partial charge >= 0.3 is 11.7 Å². The molecule has 0 fully saturated rings. The predicted molar refractivity (Wildman–Crippen MR) is 55.9 cm³/mol. The molecule has 0 atom stereocenters. The van der Waals surface area contributed by atoms with Gasteiger partial charge in [0.05, 0.1) is 23.7 Å². The number of hydrogen-bond acceptors (Lipinski definition) is 5. The molecule has 0 amide bonds. The molecule has 0 saturated carbocycles. The molecule has 104 valence electrons. The number of nitrogens with zero attached hydrogens (tertiary/aromatic N) is 1. The van der Waals surface area contributed by atoms with Crippen LogP contribution < -0.4 is 4.74 Å². The molecule has 1 aromatic carbocycles. The van der Waals surface area contributed by atoms with E-state index in [2.05, 4.69) is 9.47 Å². The van der Waals surface area contributed by atoms with E-state index in [1.165, 1.54) is 0 Å². The first-order valence-corrected chi connectivity index (χ1v) is 4.84. The lowest BCUT2D eigenvalue weighted by Gasteiger charge is -2.08. The average molecular weight is 279 g/mol. The van der Waals surface area contributed by atoms with Gasteiger partial charge in [-0.05, 0) is 0 Å². The molecule has 1 aromatic rings. The molecule has 0 saturated heterocycles. The Morgan fingerprint density at radius 3 is 2.58 bits per heavy atom. The SMILES string of the molecule is COC(=O)c1cc(OCC(F)F)c([N+](=O)[O-])cc1F. The number of ether oxygens (including phenoxy) is 2. The van der Waals surface area contributed by atoms with Crippen LogP contribution in [-0.2, 0) is 4.74 Å². The number of carbonyl (C=O) groups excluding carboxylic acids is 1. The van der Waals surface area contributed by atoms with Crippen molar-refractivity contribution < 1.29 is 32.4 Å². The van der Waals surface area contributed by atoms with Gasteiger partial charge in [0.15, 0.2) is 5.75 Å². The van der Waals surface area contributed by atoms with Crippen molar-refractivity contribution in [3.8, 4) is 5.75 Å². The monoisotopic (exact) mass is 279 g/mol. The Bertz CT molecular complexity index is 506. The summed E-state index contributed by atoms with van der Waals surface area (Å²) in [5.74, 6) is -2.94. The number of methoxy groups -OCH3 is 1. The van der Waals surface area contributed by atoms with E-state index in [0.717, 1.165) is 7.11 Å². The third kappa shape index (κ3) is 3.57. The highest BCUT2D eigenvalue weighted by Gasteiger charge is 2.24. The van der Waals surface area contributed by atoms with Crippen LogP contribution in [0.3, 0.4) is 0 Å². The van der Waals surface area contributed by atoms with Crippen LogP contribution in [0.1, 0.15) is 10.4 Å². The molecule has 0 bridgehead atoms. The molecule has 0 aromatic heterocycles.